The van der Waals surface area contributed by atoms with Crippen molar-refractivity contribution in [3.05, 3.63) is 97.1 Å². The van der Waals surface area contributed by atoms with E-state index >= 15 is 0 Å². The molecular formula is C25H21N5O4. The molecule has 2 aromatic heterocycles. The Morgan fingerprint density at radius 2 is 1.47 bits per heavy atom. The van der Waals surface area contributed by atoms with Gasteiger partial charge in [0.15, 0.2) is 11.4 Å². The zero-order chi connectivity index (χ0) is 23.8. The van der Waals surface area contributed by atoms with Crippen LogP contribution in [0.1, 0.15) is 10.5 Å². The maximum Gasteiger partial charge on any atom is 0.323 e. The maximum absolute atomic E-state index is 12.4. The molecule has 3 N–H and O–H groups in total. The van der Waals surface area contributed by atoms with Crippen molar-refractivity contribution >= 4 is 23.3 Å². The number of ether oxygens (including phenoxy) is 2. The summed E-state index contributed by atoms with van der Waals surface area (Å²) in [5.74, 6) is 1.70. The van der Waals surface area contributed by atoms with Crippen molar-refractivity contribution in [2.75, 3.05) is 17.7 Å². The highest BCUT2D eigenvalue weighted by Gasteiger charge is 2.13. The minimum Gasteiger partial charge on any atom is -0.457 e. The fourth-order valence-electron chi connectivity index (χ4n) is 2.97. The number of anilines is 2. The molecule has 0 atom stereocenters. The zero-order valence-electron chi connectivity index (χ0n) is 18.2. The molecule has 0 bridgehead atoms. The Morgan fingerprint density at radius 1 is 0.735 bits per heavy atom. The number of hydrogen-bond donors (Lipinski definition) is 3. The lowest BCUT2D eigenvalue weighted by Gasteiger charge is -2.11. The van der Waals surface area contributed by atoms with Gasteiger partial charge in [-0.2, -0.15) is 0 Å². The number of aromatic nitrogens is 2. The molecular weight excluding hydrogens is 434 g/mol. The SMILES string of the molecule is CNC(=O)c1ncccc1Oc1ccc(NC(=O)Nc2cccc(Oc3ccncc3)c2)cc1. The van der Waals surface area contributed by atoms with Gasteiger partial charge in [-0.25, -0.2) is 9.78 Å². The van der Waals surface area contributed by atoms with Gasteiger partial charge in [-0.1, -0.05) is 6.07 Å². The summed E-state index contributed by atoms with van der Waals surface area (Å²) in [7, 11) is 1.52. The van der Waals surface area contributed by atoms with Crippen LogP contribution < -0.4 is 25.4 Å². The largest absolute Gasteiger partial charge is 0.457 e. The molecule has 0 radical (unpaired) electrons. The van der Waals surface area contributed by atoms with Gasteiger partial charge in [0.05, 0.1) is 0 Å². The van der Waals surface area contributed by atoms with Crippen molar-refractivity contribution in [2.24, 2.45) is 0 Å². The molecule has 0 aliphatic rings. The number of carbonyl (C=O) groups excluding carboxylic acids is 2. The molecule has 0 spiro atoms. The lowest BCUT2D eigenvalue weighted by Crippen LogP contribution is -2.20. The molecule has 0 aliphatic carbocycles. The molecule has 4 rings (SSSR count). The van der Waals surface area contributed by atoms with Crippen molar-refractivity contribution in [1.82, 2.24) is 15.3 Å². The number of carbonyl (C=O) groups is 2. The first kappa shape index (κ1) is 22.3. The third kappa shape index (κ3) is 5.86. The van der Waals surface area contributed by atoms with E-state index < -0.39 is 6.03 Å². The lowest BCUT2D eigenvalue weighted by atomic mass is 10.2. The fourth-order valence-corrected chi connectivity index (χ4v) is 2.97. The minimum absolute atomic E-state index is 0.182. The summed E-state index contributed by atoms with van der Waals surface area (Å²) in [5.41, 5.74) is 1.32. The van der Waals surface area contributed by atoms with Crippen LogP contribution in [0.5, 0.6) is 23.0 Å². The van der Waals surface area contributed by atoms with E-state index in [9.17, 15) is 9.59 Å². The van der Waals surface area contributed by atoms with E-state index in [1.165, 1.54) is 13.2 Å². The molecule has 170 valence electrons. The molecule has 2 heterocycles. The predicted octanol–water partition coefficient (Wildman–Crippen LogP) is 5.06. The smallest absolute Gasteiger partial charge is 0.323 e. The van der Waals surface area contributed by atoms with Gasteiger partial charge in [0.2, 0.25) is 0 Å². The molecule has 0 fully saturated rings. The van der Waals surface area contributed by atoms with Gasteiger partial charge < -0.3 is 25.4 Å². The summed E-state index contributed by atoms with van der Waals surface area (Å²) in [5, 5.41) is 8.06. The monoisotopic (exact) mass is 455 g/mol. The molecule has 0 unspecified atom stereocenters. The standard InChI is InChI=1S/C25H21N5O4/c1-26-24(31)23-22(6-3-13-28-23)34-19-9-7-17(8-10-19)29-25(32)30-18-4-2-5-21(16-18)33-20-11-14-27-15-12-20/h2-16H,1H3,(H,26,31)(H2,29,30,32). The Labute approximate surface area is 195 Å². The van der Waals surface area contributed by atoms with E-state index in [1.807, 2.05) is 0 Å². The second kappa shape index (κ2) is 10.6. The van der Waals surface area contributed by atoms with Crippen LogP contribution in [0.15, 0.2) is 91.4 Å². The molecule has 4 aromatic rings. The molecule has 3 amide bonds. The summed E-state index contributed by atoms with van der Waals surface area (Å²) in [6.45, 7) is 0. The number of benzene rings is 2. The van der Waals surface area contributed by atoms with Gasteiger partial charge >= 0.3 is 6.03 Å². The Balaban J connectivity index is 1.36. The Kier molecular flexibility index (Phi) is 6.94. The molecule has 2 aromatic carbocycles. The van der Waals surface area contributed by atoms with E-state index in [1.54, 1.807) is 85.2 Å². The number of nitrogens with zero attached hydrogens (tertiary/aromatic N) is 2. The summed E-state index contributed by atoms with van der Waals surface area (Å²) >= 11 is 0. The van der Waals surface area contributed by atoms with Gasteiger partial charge in [-0.3, -0.25) is 9.78 Å². The molecule has 34 heavy (non-hydrogen) atoms. The number of pyridine rings is 2. The van der Waals surface area contributed by atoms with Crippen molar-refractivity contribution in [3.63, 3.8) is 0 Å². The number of nitrogens with one attached hydrogen (secondary N) is 3. The van der Waals surface area contributed by atoms with Crippen LogP contribution in [0.2, 0.25) is 0 Å². The number of hydrogen-bond acceptors (Lipinski definition) is 6. The lowest BCUT2D eigenvalue weighted by molar-refractivity contribution is 0.0955. The Morgan fingerprint density at radius 3 is 2.24 bits per heavy atom. The zero-order valence-corrected chi connectivity index (χ0v) is 18.2. The summed E-state index contributed by atoms with van der Waals surface area (Å²) in [6.07, 6.45) is 4.79. The van der Waals surface area contributed by atoms with Crippen molar-refractivity contribution in [2.45, 2.75) is 0 Å². The van der Waals surface area contributed by atoms with Gasteiger partial charge in [-0.15, -0.1) is 0 Å². The first-order valence-electron chi connectivity index (χ1n) is 10.3. The fraction of sp³-hybridized carbons (Fsp3) is 0.0400. The number of amides is 3. The van der Waals surface area contributed by atoms with E-state index in [4.69, 9.17) is 9.47 Å². The topological polar surface area (TPSA) is 114 Å². The molecule has 0 saturated heterocycles. The van der Waals surface area contributed by atoms with Gasteiger partial charge in [-0.05, 0) is 60.7 Å². The third-order valence-corrected chi connectivity index (χ3v) is 4.53. The van der Waals surface area contributed by atoms with E-state index in [-0.39, 0.29) is 11.6 Å². The Bertz CT molecular complexity index is 1280. The average Bonchev–Trinajstić information content (AvgIpc) is 2.86. The van der Waals surface area contributed by atoms with Crippen LogP contribution in [-0.2, 0) is 0 Å². The normalized spacial score (nSPS) is 10.1. The summed E-state index contributed by atoms with van der Waals surface area (Å²) in [6, 6.07) is 20.2. The van der Waals surface area contributed by atoms with Crippen LogP contribution in [0.3, 0.4) is 0 Å². The van der Waals surface area contributed by atoms with Gasteiger partial charge in [0, 0.05) is 43.1 Å². The third-order valence-electron chi connectivity index (χ3n) is 4.53. The minimum atomic E-state index is -0.413. The second-order valence-electron chi connectivity index (χ2n) is 6.95. The van der Waals surface area contributed by atoms with Crippen LogP contribution in [0.25, 0.3) is 0 Å². The average molecular weight is 455 g/mol. The molecule has 0 saturated carbocycles. The van der Waals surface area contributed by atoms with Crippen LogP contribution >= 0.6 is 0 Å². The number of rotatable bonds is 7. The van der Waals surface area contributed by atoms with E-state index in [0.29, 0.717) is 34.4 Å². The van der Waals surface area contributed by atoms with Crippen LogP contribution in [0.4, 0.5) is 16.2 Å². The number of urea groups is 1. The maximum atomic E-state index is 12.4. The van der Waals surface area contributed by atoms with Crippen molar-refractivity contribution in [3.8, 4) is 23.0 Å². The van der Waals surface area contributed by atoms with Gasteiger partial charge in [0.25, 0.3) is 5.91 Å². The van der Waals surface area contributed by atoms with Crippen molar-refractivity contribution < 1.29 is 19.1 Å². The van der Waals surface area contributed by atoms with Crippen LogP contribution in [0, 0.1) is 0 Å². The summed E-state index contributed by atoms with van der Waals surface area (Å²) in [4.78, 5) is 32.4. The second-order valence-corrected chi connectivity index (χ2v) is 6.95. The highest BCUT2D eigenvalue weighted by atomic mass is 16.5. The first-order chi connectivity index (χ1) is 16.6. The van der Waals surface area contributed by atoms with E-state index in [2.05, 4.69) is 25.9 Å². The van der Waals surface area contributed by atoms with Crippen molar-refractivity contribution in [1.29, 1.82) is 0 Å². The molecule has 0 aliphatic heterocycles. The molecule has 9 nitrogen and oxygen atoms in total. The first-order valence-corrected chi connectivity index (χ1v) is 10.3. The highest BCUT2D eigenvalue weighted by Crippen LogP contribution is 2.26. The summed E-state index contributed by atoms with van der Waals surface area (Å²) < 4.78 is 11.5. The van der Waals surface area contributed by atoms with E-state index in [0.717, 1.165) is 0 Å². The highest BCUT2D eigenvalue weighted by molar-refractivity contribution is 5.99. The quantitative estimate of drug-likeness (QED) is 0.359. The van der Waals surface area contributed by atoms with Crippen LogP contribution in [-0.4, -0.2) is 29.0 Å². The molecule has 9 heteroatoms. The Hall–Kier alpha value is -4.92. The van der Waals surface area contributed by atoms with Gasteiger partial charge in [0.1, 0.15) is 17.2 Å². The predicted molar refractivity (Wildman–Crippen MR) is 128 cm³/mol.